The average molecular weight is 391 g/mol. The first-order chi connectivity index (χ1) is 13.5. The van der Waals surface area contributed by atoms with Gasteiger partial charge in [-0.25, -0.2) is 9.97 Å². The highest BCUT2D eigenvalue weighted by Crippen LogP contribution is 2.37. The number of hydrogen-bond acceptors (Lipinski definition) is 5. The fourth-order valence-corrected chi connectivity index (χ4v) is 4.16. The second kappa shape index (κ2) is 7.20. The molecular formula is C22H21N3O2S. The summed E-state index contributed by atoms with van der Waals surface area (Å²) in [5, 5.41) is 2.91. The number of ether oxygens (including phenoxy) is 1. The molecular weight excluding hydrogens is 370 g/mol. The van der Waals surface area contributed by atoms with E-state index in [4.69, 9.17) is 4.74 Å². The smallest absolute Gasteiger partial charge is 0.226 e. The van der Waals surface area contributed by atoms with Gasteiger partial charge in [-0.05, 0) is 32.4 Å². The SMILES string of the molecule is Cc1ccc(-c2csc3ncnc(OCC(=O)c4cc(C)n(C)c4C)c23)cc1. The Morgan fingerprint density at radius 3 is 2.57 bits per heavy atom. The highest BCUT2D eigenvalue weighted by atomic mass is 32.1. The lowest BCUT2D eigenvalue weighted by molar-refractivity contribution is 0.0918. The first kappa shape index (κ1) is 18.4. The van der Waals surface area contributed by atoms with E-state index in [9.17, 15) is 4.79 Å². The summed E-state index contributed by atoms with van der Waals surface area (Å²) in [6.07, 6.45) is 1.48. The van der Waals surface area contributed by atoms with Gasteiger partial charge in [0.25, 0.3) is 0 Å². The highest BCUT2D eigenvalue weighted by Gasteiger charge is 2.18. The fourth-order valence-electron chi connectivity index (χ4n) is 3.25. The molecule has 1 aromatic carbocycles. The number of fused-ring (bicyclic) bond motifs is 1. The molecule has 6 heteroatoms. The number of carbonyl (C=O) groups excluding carboxylic acids is 1. The van der Waals surface area contributed by atoms with Gasteiger partial charge < -0.3 is 9.30 Å². The number of ketones is 1. The van der Waals surface area contributed by atoms with Gasteiger partial charge in [-0.1, -0.05) is 29.8 Å². The van der Waals surface area contributed by atoms with Crippen LogP contribution >= 0.6 is 11.3 Å². The van der Waals surface area contributed by atoms with Crippen LogP contribution in [0.5, 0.6) is 5.88 Å². The third-order valence-corrected chi connectivity index (χ3v) is 6.00. The number of nitrogens with zero attached hydrogens (tertiary/aromatic N) is 3. The van der Waals surface area contributed by atoms with Gasteiger partial charge in [0.1, 0.15) is 11.2 Å². The van der Waals surface area contributed by atoms with Crippen molar-refractivity contribution in [2.24, 2.45) is 7.05 Å². The molecule has 0 aliphatic heterocycles. The predicted molar refractivity (Wildman–Crippen MR) is 112 cm³/mol. The van der Waals surface area contributed by atoms with Crippen LogP contribution in [0.25, 0.3) is 21.3 Å². The monoisotopic (exact) mass is 391 g/mol. The van der Waals surface area contributed by atoms with Crippen molar-refractivity contribution < 1.29 is 9.53 Å². The van der Waals surface area contributed by atoms with Gasteiger partial charge in [0.05, 0.1) is 5.39 Å². The molecule has 0 fully saturated rings. The number of thiophene rings is 1. The van der Waals surface area contributed by atoms with E-state index in [2.05, 4.69) is 46.5 Å². The fraction of sp³-hybridized carbons (Fsp3) is 0.227. The summed E-state index contributed by atoms with van der Waals surface area (Å²) in [5.74, 6) is 0.389. The van der Waals surface area contributed by atoms with E-state index in [1.54, 1.807) is 11.3 Å². The lowest BCUT2D eigenvalue weighted by Gasteiger charge is -2.08. The third kappa shape index (κ3) is 3.20. The van der Waals surface area contributed by atoms with Crippen molar-refractivity contribution in [2.45, 2.75) is 20.8 Å². The summed E-state index contributed by atoms with van der Waals surface area (Å²) in [5.41, 5.74) is 5.98. The summed E-state index contributed by atoms with van der Waals surface area (Å²) < 4.78 is 7.89. The Morgan fingerprint density at radius 2 is 1.89 bits per heavy atom. The van der Waals surface area contributed by atoms with Crippen molar-refractivity contribution in [3.8, 4) is 17.0 Å². The van der Waals surface area contributed by atoms with E-state index < -0.39 is 0 Å². The van der Waals surface area contributed by atoms with E-state index in [1.165, 1.54) is 11.9 Å². The van der Waals surface area contributed by atoms with Gasteiger partial charge in [-0.15, -0.1) is 11.3 Å². The van der Waals surface area contributed by atoms with Gasteiger partial charge >= 0.3 is 0 Å². The number of aromatic nitrogens is 3. The van der Waals surface area contributed by atoms with Crippen molar-refractivity contribution in [2.75, 3.05) is 6.61 Å². The molecule has 4 rings (SSSR count). The number of Topliss-reactive ketones (excluding diaryl/α,β-unsaturated/α-hetero) is 1. The Kier molecular flexibility index (Phi) is 4.73. The highest BCUT2D eigenvalue weighted by molar-refractivity contribution is 7.17. The van der Waals surface area contributed by atoms with Gasteiger partial charge in [0, 0.05) is 34.9 Å². The van der Waals surface area contributed by atoms with Crippen LogP contribution < -0.4 is 4.74 Å². The molecule has 0 unspecified atom stereocenters. The lowest BCUT2D eigenvalue weighted by Crippen LogP contribution is -2.13. The van der Waals surface area contributed by atoms with Crippen LogP contribution in [0.2, 0.25) is 0 Å². The maximum atomic E-state index is 12.7. The molecule has 142 valence electrons. The molecule has 0 atom stereocenters. The van der Waals surface area contributed by atoms with Crippen molar-refractivity contribution >= 4 is 27.3 Å². The summed E-state index contributed by atoms with van der Waals surface area (Å²) >= 11 is 1.55. The molecule has 3 heterocycles. The molecule has 0 radical (unpaired) electrons. The minimum Gasteiger partial charge on any atom is -0.469 e. The Balaban J connectivity index is 1.65. The van der Waals surface area contributed by atoms with E-state index in [1.807, 2.05) is 31.5 Å². The van der Waals surface area contributed by atoms with Gasteiger partial charge in [-0.2, -0.15) is 0 Å². The Hall–Kier alpha value is -2.99. The standard InChI is InChI=1S/C22H21N3O2S/c1-13-5-7-16(8-6-13)18-11-28-22-20(18)21(23-12-24-22)27-10-19(26)17-9-14(2)25(4)15(17)3/h5-9,11-12H,10H2,1-4H3. The van der Waals surface area contributed by atoms with E-state index in [0.29, 0.717) is 11.4 Å². The zero-order valence-electron chi connectivity index (χ0n) is 16.3. The molecule has 0 aliphatic rings. The van der Waals surface area contributed by atoms with Gasteiger partial charge in [-0.3, -0.25) is 4.79 Å². The van der Waals surface area contributed by atoms with E-state index >= 15 is 0 Å². The molecule has 0 bridgehead atoms. The normalized spacial score (nSPS) is 11.1. The van der Waals surface area contributed by atoms with Crippen LogP contribution in [0.4, 0.5) is 0 Å². The van der Waals surface area contributed by atoms with Gasteiger partial charge in [0.2, 0.25) is 11.7 Å². The molecule has 0 aliphatic carbocycles. The van der Waals surface area contributed by atoms with Crippen LogP contribution in [-0.4, -0.2) is 26.9 Å². The van der Waals surface area contributed by atoms with Crippen LogP contribution in [0.3, 0.4) is 0 Å². The molecule has 0 N–H and O–H groups in total. The van der Waals surface area contributed by atoms with Crippen molar-refractivity contribution in [1.82, 2.24) is 14.5 Å². The molecule has 0 saturated carbocycles. The van der Waals surface area contributed by atoms with Crippen LogP contribution in [0.15, 0.2) is 42.0 Å². The average Bonchev–Trinajstić information content (AvgIpc) is 3.24. The number of rotatable bonds is 5. The Morgan fingerprint density at radius 1 is 1.14 bits per heavy atom. The zero-order chi connectivity index (χ0) is 19.8. The predicted octanol–water partition coefficient (Wildman–Crippen LogP) is 4.88. The molecule has 28 heavy (non-hydrogen) atoms. The third-order valence-electron chi connectivity index (χ3n) is 5.11. The quantitative estimate of drug-likeness (QED) is 0.455. The first-order valence-electron chi connectivity index (χ1n) is 9.04. The van der Waals surface area contributed by atoms with Crippen LogP contribution in [0.1, 0.15) is 27.3 Å². The first-order valence-corrected chi connectivity index (χ1v) is 9.92. The van der Waals surface area contributed by atoms with Crippen molar-refractivity contribution in [1.29, 1.82) is 0 Å². The minimum atomic E-state index is -0.0560. The topological polar surface area (TPSA) is 57.0 Å². The molecule has 0 spiro atoms. The summed E-state index contributed by atoms with van der Waals surface area (Å²) in [4.78, 5) is 22.2. The number of hydrogen-bond donors (Lipinski definition) is 0. The summed E-state index contributed by atoms with van der Waals surface area (Å²) in [6.45, 7) is 5.93. The number of benzene rings is 1. The molecule has 0 saturated heterocycles. The summed E-state index contributed by atoms with van der Waals surface area (Å²) in [6, 6.07) is 10.2. The zero-order valence-corrected chi connectivity index (χ0v) is 17.1. The molecule has 5 nitrogen and oxygen atoms in total. The van der Waals surface area contributed by atoms with Crippen LogP contribution in [-0.2, 0) is 7.05 Å². The number of aryl methyl sites for hydroxylation is 2. The maximum absolute atomic E-state index is 12.7. The minimum absolute atomic E-state index is 0.0555. The Labute approximate surface area is 167 Å². The number of carbonyl (C=O) groups is 1. The van der Waals surface area contributed by atoms with Crippen LogP contribution in [0, 0.1) is 20.8 Å². The molecule has 0 amide bonds. The summed E-state index contributed by atoms with van der Waals surface area (Å²) in [7, 11) is 1.95. The Bertz CT molecular complexity index is 1170. The van der Waals surface area contributed by atoms with E-state index in [-0.39, 0.29) is 12.4 Å². The lowest BCUT2D eigenvalue weighted by atomic mass is 10.0. The van der Waals surface area contributed by atoms with E-state index in [0.717, 1.165) is 32.7 Å². The largest absolute Gasteiger partial charge is 0.469 e. The van der Waals surface area contributed by atoms with Crippen molar-refractivity contribution in [3.05, 3.63) is 64.6 Å². The second-order valence-electron chi connectivity index (χ2n) is 6.93. The molecule has 4 aromatic rings. The maximum Gasteiger partial charge on any atom is 0.226 e. The van der Waals surface area contributed by atoms with Crippen molar-refractivity contribution in [3.63, 3.8) is 0 Å². The molecule has 3 aromatic heterocycles. The second-order valence-corrected chi connectivity index (χ2v) is 7.79. The van der Waals surface area contributed by atoms with Gasteiger partial charge in [0.15, 0.2) is 6.61 Å².